The van der Waals surface area contributed by atoms with Gasteiger partial charge in [-0.1, -0.05) is 27.7 Å². The molecule has 0 radical (unpaired) electrons. The highest BCUT2D eigenvalue weighted by Gasteiger charge is 2.13. The van der Waals surface area contributed by atoms with Gasteiger partial charge in [-0.25, -0.2) is 14.4 Å². The number of halogens is 1. The Morgan fingerprint density at radius 3 is 1.73 bits per heavy atom. The SMILES string of the molecule is BC(F)c1nc(C(C)C)cc(C(C)C)n1. The van der Waals surface area contributed by atoms with E-state index in [1.807, 2.05) is 6.07 Å². The molecule has 0 saturated carbocycles. The zero-order valence-corrected chi connectivity index (χ0v) is 10.1. The Labute approximate surface area is 91.7 Å². The monoisotopic (exact) mass is 208 g/mol. The Morgan fingerprint density at radius 2 is 1.47 bits per heavy atom. The third kappa shape index (κ3) is 3.01. The van der Waals surface area contributed by atoms with Gasteiger partial charge >= 0.3 is 0 Å². The van der Waals surface area contributed by atoms with Gasteiger partial charge in [-0.2, -0.15) is 0 Å². The maximum absolute atomic E-state index is 13.2. The largest absolute Gasteiger partial charge is 0.249 e. The molecule has 0 aromatic carbocycles. The van der Waals surface area contributed by atoms with Crippen molar-refractivity contribution < 1.29 is 4.39 Å². The molecule has 2 nitrogen and oxygen atoms in total. The van der Waals surface area contributed by atoms with Gasteiger partial charge < -0.3 is 0 Å². The van der Waals surface area contributed by atoms with E-state index in [-0.39, 0.29) is 0 Å². The highest BCUT2D eigenvalue weighted by molar-refractivity contribution is 6.10. The Morgan fingerprint density at radius 1 is 1.07 bits per heavy atom. The Bertz CT molecular complexity index is 273. The van der Waals surface area contributed by atoms with Crippen LogP contribution in [0.25, 0.3) is 0 Å². The van der Waals surface area contributed by atoms with Gasteiger partial charge in [0.2, 0.25) is 0 Å². The lowest BCUT2D eigenvalue weighted by molar-refractivity contribution is 0.436. The molecule has 1 heterocycles. The van der Waals surface area contributed by atoms with E-state index >= 15 is 0 Å². The first kappa shape index (κ1) is 12.1. The van der Waals surface area contributed by atoms with Crippen LogP contribution in [-0.4, -0.2) is 17.8 Å². The van der Waals surface area contributed by atoms with Crippen molar-refractivity contribution in [3.63, 3.8) is 0 Å². The van der Waals surface area contributed by atoms with Crippen molar-refractivity contribution in [1.29, 1.82) is 0 Å². The summed E-state index contributed by atoms with van der Waals surface area (Å²) in [7, 11) is 1.48. The van der Waals surface area contributed by atoms with Crippen LogP contribution in [0, 0.1) is 0 Å². The molecular weight excluding hydrogens is 190 g/mol. The van der Waals surface area contributed by atoms with Gasteiger partial charge in [-0.3, -0.25) is 0 Å². The second kappa shape index (κ2) is 4.73. The molecular formula is C11H18BFN2. The third-order valence-corrected chi connectivity index (χ3v) is 2.32. The summed E-state index contributed by atoms with van der Waals surface area (Å²) in [5.74, 6) is 0.927. The van der Waals surface area contributed by atoms with Crippen molar-refractivity contribution in [3.8, 4) is 0 Å². The fourth-order valence-corrected chi connectivity index (χ4v) is 1.28. The predicted molar refractivity (Wildman–Crippen MR) is 62.6 cm³/mol. The molecule has 1 atom stereocenters. The van der Waals surface area contributed by atoms with E-state index in [4.69, 9.17) is 0 Å². The number of rotatable bonds is 3. The average Bonchev–Trinajstić information content (AvgIpc) is 2.16. The molecule has 1 aromatic rings. The maximum Gasteiger partial charge on any atom is 0.156 e. The van der Waals surface area contributed by atoms with Crippen LogP contribution in [0.2, 0.25) is 0 Å². The smallest absolute Gasteiger partial charge is 0.156 e. The second-order valence-corrected chi connectivity index (χ2v) is 4.50. The van der Waals surface area contributed by atoms with E-state index in [2.05, 4.69) is 37.7 Å². The van der Waals surface area contributed by atoms with Gasteiger partial charge in [0.1, 0.15) is 6.07 Å². The van der Waals surface area contributed by atoms with Crippen LogP contribution in [0.3, 0.4) is 0 Å². The summed E-state index contributed by atoms with van der Waals surface area (Å²) in [6.07, 6.45) is -1.10. The van der Waals surface area contributed by atoms with Gasteiger partial charge in [-0.15, -0.1) is 0 Å². The first-order valence-corrected chi connectivity index (χ1v) is 5.44. The van der Waals surface area contributed by atoms with Crippen molar-refractivity contribution in [2.24, 2.45) is 0 Å². The van der Waals surface area contributed by atoms with Crippen LogP contribution < -0.4 is 0 Å². The van der Waals surface area contributed by atoms with Crippen LogP contribution in [0.1, 0.15) is 62.8 Å². The molecule has 1 rings (SSSR count). The van der Waals surface area contributed by atoms with Gasteiger partial charge in [0, 0.05) is 11.4 Å². The summed E-state index contributed by atoms with van der Waals surface area (Å²) in [6.45, 7) is 8.22. The fourth-order valence-electron chi connectivity index (χ4n) is 1.28. The lowest BCUT2D eigenvalue weighted by Gasteiger charge is -2.12. The predicted octanol–water partition coefficient (Wildman–Crippen LogP) is 2.32. The van der Waals surface area contributed by atoms with Crippen molar-refractivity contribution in [2.45, 2.75) is 45.6 Å². The minimum absolute atomic E-state index is 0.308. The normalized spacial score (nSPS) is 13.5. The molecule has 0 aliphatic carbocycles. The molecule has 4 heteroatoms. The fraction of sp³-hybridized carbons (Fsp3) is 0.636. The molecule has 0 fully saturated rings. The highest BCUT2D eigenvalue weighted by Crippen LogP contribution is 2.20. The molecule has 0 amide bonds. The quantitative estimate of drug-likeness (QED) is 0.712. The van der Waals surface area contributed by atoms with Crippen LogP contribution in [0.5, 0.6) is 0 Å². The number of aromatic nitrogens is 2. The van der Waals surface area contributed by atoms with Gasteiger partial charge in [0.25, 0.3) is 0 Å². The summed E-state index contributed by atoms with van der Waals surface area (Å²) >= 11 is 0. The van der Waals surface area contributed by atoms with Crippen molar-refractivity contribution in [3.05, 3.63) is 23.3 Å². The number of alkyl halides is 1. The zero-order valence-electron chi connectivity index (χ0n) is 10.1. The summed E-state index contributed by atoms with van der Waals surface area (Å²) in [5.41, 5.74) is 1.85. The minimum atomic E-state index is -1.10. The molecule has 0 saturated heterocycles. The van der Waals surface area contributed by atoms with Crippen LogP contribution in [0.15, 0.2) is 6.07 Å². The van der Waals surface area contributed by atoms with Crippen LogP contribution >= 0.6 is 0 Å². The topological polar surface area (TPSA) is 25.8 Å². The average molecular weight is 208 g/mol. The Kier molecular flexibility index (Phi) is 3.83. The molecule has 0 bridgehead atoms. The van der Waals surface area contributed by atoms with E-state index in [0.717, 1.165) is 11.4 Å². The first-order chi connectivity index (χ1) is 6.91. The molecule has 82 valence electrons. The lowest BCUT2D eigenvalue weighted by atomic mass is 9.99. The molecule has 0 aliphatic rings. The van der Waals surface area contributed by atoms with E-state index in [0.29, 0.717) is 17.7 Å². The molecule has 15 heavy (non-hydrogen) atoms. The molecule has 1 aromatic heterocycles. The first-order valence-electron chi connectivity index (χ1n) is 5.44. The maximum atomic E-state index is 13.2. The Balaban J connectivity index is 3.20. The molecule has 1 unspecified atom stereocenters. The van der Waals surface area contributed by atoms with Crippen LogP contribution in [-0.2, 0) is 0 Å². The summed E-state index contributed by atoms with van der Waals surface area (Å²) in [6, 6.07) is 1.97. The molecule has 0 spiro atoms. The van der Waals surface area contributed by atoms with Gasteiger partial charge in [0.05, 0.1) is 0 Å². The van der Waals surface area contributed by atoms with Crippen molar-refractivity contribution >= 4 is 7.85 Å². The summed E-state index contributed by atoms with van der Waals surface area (Å²) < 4.78 is 13.2. The summed E-state index contributed by atoms with van der Waals surface area (Å²) in [5, 5.41) is 0. The van der Waals surface area contributed by atoms with Crippen molar-refractivity contribution in [2.75, 3.05) is 0 Å². The lowest BCUT2D eigenvalue weighted by Crippen LogP contribution is -2.08. The number of nitrogens with zero attached hydrogens (tertiary/aromatic N) is 2. The van der Waals surface area contributed by atoms with E-state index in [1.165, 1.54) is 7.85 Å². The number of hydrogen-bond donors (Lipinski definition) is 0. The van der Waals surface area contributed by atoms with E-state index < -0.39 is 6.07 Å². The zero-order chi connectivity index (χ0) is 11.6. The van der Waals surface area contributed by atoms with Gasteiger partial charge in [0.15, 0.2) is 13.7 Å². The van der Waals surface area contributed by atoms with E-state index in [1.54, 1.807) is 0 Å². The minimum Gasteiger partial charge on any atom is -0.249 e. The highest BCUT2D eigenvalue weighted by atomic mass is 19.1. The standard InChI is InChI=1S/C11H18BFN2/c1-6(2)8-5-9(7(3)4)15-11(14-8)10(12)13/h5-7,10H,12H2,1-4H3. The van der Waals surface area contributed by atoms with Crippen molar-refractivity contribution in [1.82, 2.24) is 9.97 Å². The second-order valence-electron chi connectivity index (χ2n) is 4.50. The molecule has 0 N–H and O–H groups in total. The Hall–Kier alpha value is -0.925. The van der Waals surface area contributed by atoms with E-state index in [9.17, 15) is 4.39 Å². The van der Waals surface area contributed by atoms with Gasteiger partial charge in [-0.05, 0) is 17.9 Å². The third-order valence-electron chi connectivity index (χ3n) is 2.32. The summed E-state index contributed by atoms with van der Waals surface area (Å²) in [4.78, 5) is 8.46. The molecule has 0 aliphatic heterocycles. The van der Waals surface area contributed by atoms with Crippen LogP contribution in [0.4, 0.5) is 4.39 Å². The number of hydrogen-bond acceptors (Lipinski definition) is 2.